The highest BCUT2D eigenvalue weighted by atomic mass is 13.7. The molecule has 0 heteroatoms. The van der Waals surface area contributed by atoms with E-state index in [1.54, 1.807) is 0 Å². The summed E-state index contributed by atoms with van der Waals surface area (Å²) < 4.78 is 0. The maximum atomic E-state index is 2.00. The molecule has 0 unspecified atom stereocenters. The Morgan fingerprint density at radius 1 is 0.208 bits per heavy atom. The summed E-state index contributed by atoms with van der Waals surface area (Å²) in [4.78, 5) is 0. The van der Waals surface area contributed by atoms with Crippen LogP contribution in [0.1, 0.15) is 42.5 Å². The SMILES string of the molecule is C.C.CC.CC.c1ccccc1.c1ccccc1.c1ccccc1. The van der Waals surface area contributed by atoms with Crippen molar-refractivity contribution in [1.82, 2.24) is 0 Å². The Bertz CT molecular complexity index is 291. The van der Waals surface area contributed by atoms with Crippen LogP contribution in [0.5, 0.6) is 0 Å². The van der Waals surface area contributed by atoms with E-state index in [4.69, 9.17) is 0 Å². The van der Waals surface area contributed by atoms with Crippen molar-refractivity contribution in [3.05, 3.63) is 109 Å². The van der Waals surface area contributed by atoms with Crippen molar-refractivity contribution in [1.29, 1.82) is 0 Å². The van der Waals surface area contributed by atoms with Gasteiger partial charge in [0.25, 0.3) is 0 Å². The van der Waals surface area contributed by atoms with Crippen LogP contribution in [0.25, 0.3) is 0 Å². The van der Waals surface area contributed by atoms with E-state index < -0.39 is 0 Å². The molecule has 134 valence electrons. The van der Waals surface area contributed by atoms with Crippen LogP contribution in [0.15, 0.2) is 109 Å². The van der Waals surface area contributed by atoms with Gasteiger partial charge in [0.1, 0.15) is 0 Å². The molecule has 0 fully saturated rings. The molecule has 0 radical (unpaired) electrons. The van der Waals surface area contributed by atoms with E-state index >= 15 is 0 Å². The zero-order chi connectivity index (χ0) is 16.7. The van der Waals surface area contributed by atoms with Gasteiger partial charge in [0.15, 0.2) is 0 Å². The van der Waals surface area contributed by atoms with Crippen molar-refractivity contribution >= 4 is 0 Å². The highest BCUT2D eigenvalue weighted by molar-refractivity contribution is 5.00. The van der Waals surface area contributed by atoms with Gasteiger partial charge in [0.05, 0.1) is 0 Å². The minimum Gasteiger partial charge on any atom is -0.0776 e. The van der Waals surface area contributed by atoms with Gasteiger partial charge in [-0.05, 0) is 0 Å². The topological polar surface area (TPSA) is 0 Å². The van der Waals surface area contributed by atoms with Crippen molar-refractivity contribution in [2.24, 2.45) is 0 Å². The quantitative estimate of drug-likeness (QED) is 0.389. The molecule has 0 N–H and O–H groups in total. The Hall–Kier alpha value is -2.34. The first kappa shape index (κ1) is 29.6. The van der Waals surface area contributed by atoms with Gasteiger partial charge in [-0.1, -0.05) is 152 Å². The van der Waals surface area contributed by atoms with Crippen LogP contribution < -0.4 is 0 Å². The molecule has 0 aromatic heterocycles. The van der Waals surface area contributed by atoms with Crippen LogP contribution in [0.2, 0.25) is 0 Å². The fourth-order valence-corrected chi connectivity index (χ4v) is 1.15. The van der Waals surface area contributed by atoms with Gasteiger partial charge in [-0.3, -0.25) is 0 Å². The standard InChI is InChI=1S/3C6H6.2C2H6.2CH4/c3*1-2-4-6-5-3-1;2*1-2;;/h3*1-6H;2*1-2H3;2*1H4. The third-order valence-corrected chi connectivity index (χ3v) is 2.00. The Labute approximate surface area is 152 Å². The number of hydrogen-bond acceptors (Lipinski definition) is 0. The van der Waals surface area contributed by atoms with Crippen molar-refractivity contribution in [2.75, 3.05) is 0 Å². The van der Waals surface area contributed by atoms with Crippen LogP contribution in [-0.4, -0.2) is 0 Å². The molecule has 0 spiro atoms. The number of rotatable bonds is 0. The van der Waals surface area contributed by atoms with Crippen LogP contribution >= 0.6 is 0 Å². The zero-order valence-electron chi connectivity index (χ0n) is 14.4. The molecule has 3 aromatic rings. The minimum atomic E-state index is 0. The lowest BCUT2D eigenvalue weighted by Crippen LogP contribution is -1.47. The summed E-state index contributed by atoms with van der Waals surface area (Å²) in [5.41, 5.74) is 0. The van der Waals surface area contributed by atoms with E-state index in [1.807, 2.05) is 137 Å². The normalized spacial score (nSPS) is 6.50. The third kappa shape index (κ3) is 27.9. The van der Waals surface area contributed by atoms with E-state index in [0.29, 0.717) is 0 Å². The van der Waals surface area contributed by atoms with Crippen LogP contribution in [-0.2, 0) is 0 Å². The minimum absolute atomic E-state index is 0. The highest BCUT2D eigenvalue weighted by Gasteiger charge is 1.59. The van der Waals surface area contributed by atoms with Crippen molar-refractivity contribution in [3.63, 3.8) is 0 Å². The number of hydrogen-bond donors (Lipinski definition) is 0. The lowest BCUT2D eigenvalue weighted by molar-refractivity contribution is 1.50. The van der Waals surface area contributed by atoms with Crippen LogP contribution in [0.4, 0.5) is 0 Å². The second kappa shape index (κ2) is 32.6. The molecular weight excluding hydrogens is 288 g/mol. The van der Waals surface area contributed by atoms with Crippen LogP contribution in [0.3, 0.4) is 0 Å². The fourth-order valence-electron chi connectivity index (χ4n) is 1.15. The molecular formula is C24H38. The zero-order valence-corrected chi connectivity index (χ0v) is 14.4. The maximum Gasteiger partial charge on any atom is -0.0623 e. The molecule has 3 rings (SSSR count). The van der Waals surface area contributed by atoms with Crippen molar-refractivity contribution in [3.8, 4) is 0 Å². The predicted octanol–water partition coefficient (Wildman–Crippen LogP) is 8.38. The first-order valence-electron chi connectivity index (χ1n) is 8.00. The summed E-state index contributed by atoms with van der Waals surface area (Å²) in [5, 5.41) is 0. The molecule has 3 aromatic carbocycles. The summed E-state index contributed by atoms with van der Waals surface area (Å²) in [7, 11) is 0. The molecule has 0 aliphatic rings. The van der Waals surface area contributed by atoms with E-state index in [0.717, 1.165) is 0 Å². The van der Waals surface area contributed by atoms with Gasteiger partial charge in [-0.2, -0.15) is 0 Å². The molecule has 0 aliphatic heterocycles. The molecule has 0 heterocycles. The average Bonchev–Trinajstić information content (AvgIpc) is 2.70. The molecule has 0 amide bonds. The monoisotopic (exact) mass is 326 g/mol. The Balaban J connectivity index is -0.000000109. The molecule has 0 saturated carbocycles. The number of benzene rings is 3. The van der Waals surface area contributed by atoms with Gasteiger partial charge < -0.3 is 0 Å². The lowest BCUT2D eigenvalue weighted by atomic mass is 10.4. The largest absolute Gasteiger partial charge is 0.0776 e. The van der Waals surface area contributed by atoms with Crippen LogP contribution in [0, 0.1) is 0 Å². The third-order valence-electron chi connectivity index (χ3n) is 2.00. The Kier molecular flexibility index (Phi) is 40.2. The molecule has 0 aliphatic carbocycles. The van der Waals surface area contributed by atoms with Gasteiger partial charge in [-0.15, -0.1) is 0 Å². The molecule has 0 atom stereocenters. The fraction of sp³-hybridized carbons (Fsp3) is 0.250. The Morgan fingerprint density at radius 3 is 0.292 bits per heavy atom. The van der Waals surface area contributed by atoms with Gasteiger partial charge in [-0.25, -0.2) is 0 Å². The van der Waals surface area contributed by atoms with E-state index in [2.05, 4.69) is 0 Å². The first-order valence-corrected chi connectivity index (χ1v) is 8.00. The molecule has 0 nitrogen and oxygen atoms in total. The summed E-state index contributed by atoms with van der Waals surface area (Å²) in [6.07, 6.45) is 0. The summed E-state index contributed by atoms with van der Waals surface area (Å²) in [6, 6.07) is 36.0. The van der Waals surface area contributed by atoms with Gasteiger partial charge in [0.2, 0.25) is 0 Å². The van der Waals surface area contributed by atoms with E-state index in [1.165, 1.54) is 0 Å². The Morgan fingerprint density at radius 2 is 0.250 bits per heavy atom. The summed E-state index contributed by atoms with van der Waals surface area (Å²) in [6.45, 7) is 8.00. The van der Waals surface area contributed by atoms with Crippen molar-refractivity contribution < 1.29 is 0 Å². The first-order chi connectivity index (χ1) is 11.0. The second-order valence-electron chi connectivity index (χ2n) is 3.46. The lowest BCUT2D eigenvalue weighted by Gasteiger charge is -1.69. The predicted molar refractivity (Wildman–Crippen MR) is 115 cm³/mol. The highest BCUT2D eigenvalue weighted by Crippen LogP contribution is 1.81. The summed E-state index contributed by atoms with van der Waals surface area (Å²) in [5.74, 6) is 0. The van der Waals surface area contributed by atoms with Gasteiger partial charge >= 0.3 is 0 Å². The smallest absolute Gasteiger partial charge is 0.0623 e. The molecule has 0 saturated heterocycles. The average molecular weight is 327 g/mol. The molecule has 0 bridgehead atoms. The summed E-state index contributed by atoms with van der Waals surface area (Å²) >= 11 is 0. The van der Waals surface area contributed by atoms with Crippen molar-refractivity contribution in [2.45, 2.75) is 42.5 Å². The van der Waals surface area contributed by atoms with Gasteiger partial charge in [0, 0.05) is 0 Å². The maximum absolute atomic E-state index is 2.00. The molecule has 24 heavy (non-hydrogen) atoms. The van der Waals surface area contributed by atoms with E-state index in [-0.39, 0.29) is 14.9 Å². The second-order valence-corrected chi connectivity index (χ2v) is 3.46. The van der Waals surface area contributed by atoms with E-state index in [9.17, 15) is 0 Å².